The molecule has 0 saturated heterocycles. The molecule has 1 N–H and O–H groups in total. The lowest BCUT2D eigenvalue weighted by Crippen LogP contribution is -2.57. The first-order chi connectivity index (χ1) is 6.24. The summed E-state index contributed by atoms with van der Waals surface area (Å²) in [5.74, 6) is 0. The molecule has 0 radical (unpaired) electrons. The molecule has 4 nitrogen and oxygen atoms in total. The minimum absolute atomic E-state index is 0.885. The Labute approximate surface area is 82.0 Å². The molecule has 0 bridgehead atoms. The predicted molar refractivity (Wildman–Crippen MR) is 54.3 cm³/mol. The Balaban J connectivity index is 3.68. The van der Waals surface area contributed by atoms with E-state index in [9.17, 15) is 0 Å². The number of hydrogen-bond donors (Lipinski definition) is 1. The maximum atomic E-state index is 5.20. The second-order valence-electron chi connectivity index (χ2n) is 2.80. The first-order valence-electron chi connectivity index (χ1n) is 4.65. The smallest absolute Gasteiger partial charge is 0.364 e. The van der Waals surface area contributed by atoms with E-state index in [4.69, 9.17) is 13.3 Å². The molecule has 0 heterocycles. The molecule has 0 aliphatic heterocycles. The largest absolute Gasteiger partial charge is 0.595 e. The zero-order valence-corrected chi connectivity index (χ0v) is 10.1. The van der Waals surface area contributed by atoms with Crippen molar-refractivity contribution in [1.29, 1.82) is 0 Å². The van der Waals surface area contributed by atoms with E-state index in [1.54, 1.807) is 21.3 Å². The Morgan fingerprint density at radius 1 is 1.00 bits per heavy atom. The van der Waals surface area contributed by atoms with Gasteiger partial charge in [0.25, 0.3) is 0 Å². The SMILES string of the molecule is CCCCCN[Si](OC)(OC)OC. The highest BCUT2D eigenvalue weighted by molar-refractivity contribution is 6.57. The summed E-state index contributed by atoms with van der Waals surface area (Å²) in [6.07, 6.45) is 3.55. The summed E-state index contributed by atoms with van der Waals surface area (Å²) in [4.78, 5) is 3.19. The average Bonchev–Trinajstić information content (AvgIpc) is 2.20. The van der Waals surface area contributed by atoms with Gasteiger partial charge >= 0.3 is 8.97 Å². The molecule has 0 fully saturated rings. The molecule has 0 amide bonds. The Bertz CT molecular complexity index is 112. The highest BCUT2D eigenvalue weighted by Crippen LogP contribution is 2.01. The zero-order chi connectivity index (χ0) is 10.2. The molecule has 0 unspecified atom stereocenters. The summed E-state index contributed by atoms with van der Waals surface area (Å²) in [6, 6.07) is 0. The molecule has 0 aliphatic carbocycles. The Morgan fingerprint density at radius 3 is 1.92 bits per heavy atom. The second kappa shape index (κ2) is 7.46. The van der Waals surface area contributed by atoms with Gasteiger partial charge in [-0.15, -0.1) is 0 Å². The lowest BCUT2D eigenvalue weighted by molar-refractivity contribution is 0.110. The second-order valence-corrected chi connectivity index (χ2v) is 5.49. The van der Waals surface area contributed by atoms with Crippen LogP contribution in [0.2, 0.25) is 0 Å². The van der Waals surface area contributed by atoms with Gasteiger partial charge in [-0.1, -0.05) is 19.8 Å². The molecular weight excluding hydrogens is 186 g/mol. The van der Waals surface area contributed by atoms with Crippen molar-refractivity contribution in [3.8, 4) is 0 Å². The standard InChI is InChI=1S/C8H21NO3Si/c1-5-6-7-8-9-13(10-2,11-3)12-4/h9H,5-8H2,1-4H3. The predicted octanol–water partition coefficient (Wildman–Crippen LogP) is 1.14. The van der Waals surface area contributed by atoms with Gasteiger partial charge in [0.15, 0.2) is 0 Å². The topological polar surface area (TPSA) is 39.7 Å². The molecule has 13 heavy (non-hydrogen) atoms. The fraction of sp³-hybridized carbons (Fsp3) is 1.00. The van der Waals surface area contributed by atoms with Gasteiger partial charge in [0.1, 0.15) is 0 Å². The van der Waals surface area contributed by atoms with Gasteiger partial charge in [0.05, 0.1) is 0 Å². The van der Waals surface area contributed by atoms with Gasteiger partial charge in [-0.25, -0.2) is 0 Å². The van der Waals surface area contributed by atoms with Crippen LogP contribution < -0.4 is 4.98 Å². The summed E-state index contributed by atoms with van der Waals surface area (Å²) in [5.41, 5.74) is 0. The lowest BCUT2D eigenvalue weighted by Gasteiger charge is -2.24. The number of hydrogen-bond acceptors (Lipinski definition) is 4. The van der Waals surface area contributed by atoms with Crippen molar-refractivity contribution in [2.24, 2.45) is 0 Å². The van der Waals surface area contributed by atoms with Crippen molar-refractivity contribution >= 4 is 8.97 Å². The van der Waals surface area contributed by atoms with Crippen LogP contribution in [-0.4, -0.2) is 36.8 Å². The van der Waals surface area contributed by atoms with E-state index in [-0.39, 0.29) is 0 Å². The average molecular weight is 207 g/mol. The zero-order valence-electron chi connectivity index (χ0n) is 9.05. The van der Waals surface area contributed by atoms with E-state index in [0.717, 1.165) is 13.0 Å². The maximum absolute atomic E-state index is 5.20. The molecule has 5 heteroatoms. The summed E-state index contributed by atoms with van der Waals surface area (Å²) in [6.45, 7) is 3.06. The maximum Gasteiger partial charge on any atom is 0.595 e. The minimum atomic E-state index is -2.52. The Hall–Kier alpha value is 0.0569. The van der Waals surface area contributed by atoms with Crippen LogP contribution in [-0.2, 0) is 13.3 Å². The van der Waals surface area contributed by atoms with Crippen LogP contribution in [0.25, 0.3) is 0 Å². The van der Waals surface area contributed by atoms with Crippen LogP contribution >= 0.6 is 0 Å². The van der Waals surface area contributed by atoms with Crippen molar-refractivity contribution in [2.45, 2.75) is 26.2 Å². The van der Waals surface area contributed by atoms with Gasteiger partial charge < -0.3 is 13.3 Å². The third-order valence-electron chi connectivity index (χ3n) is 1.93. The molecule has 0 saturated carbocycles. The normalized spacial score (nSPS) is 12.0. The van der Waals surface area contributed by atoms with Gasteiger partial charge in [-0.05, 0) is 13.0 Å². The van der Waals surface area contributed by atoms with Crippen molar-refractivity contribution in [3.63, 3.8) is 0 Å². The molecule has 0 aromatic rings. The van der Waals surface area contributed by atoms with Crippen LogP contribution in [0.4, 0.5) is 0 Å². The third kappa shape index (κ3) is 4.73. The van der Waals surface area contributed by atoms with Gasteiger partial charge in [-0.2, -0.15) is 0 Å². The number of unbranched alkanes of at least 4 members (excludes halogenated alkanes) is 2. The summed E-state index contributed by atoms with van der Waals surface area (Å²) < 4.78 is 15.6. The fourth-order valence-corrected chi connectivity index (χ4v) is 2.50. The quantitative estimate of drug-likeness (QED) is 0.478. The Kier molecular flexibility index (Phi) is 7.49. The van der Waals surface area contributed by atoms with E-state index in [0.29, 0.717) is 0 Å². The molecule has 0 aliphatic rings. The monoisotopic (exact) mass is 207 g/mol. The van der Waals surface area contributed by atoms with Gasteiger partial charge in [0, 0.05) is 21.3 Å². The number of rotatable bonds is 8. The van der Waals surface area contributed by atoms with Crippen LogP contribution in [0, 0.1) is 0 Å². The number of nitrogens with one attached hydrogen (secondary N) is 1. The van der Waals surface area contributed by atoms with Crippen LogP contribution in [0.1, 0.15) is 26.2 Å². The van der Waals surface area contributed by atoms with Crippen molar-refractivity contribution < 1.29 is 13.3 Å². The molecular formula is C8H21NO3Si. The van der Waals surface area contributed by atoms with Crippen LogP contribution in [0.15, 0.2) is 0 Å². The van der Waals surface area contributed by atoms with E-state index >= 15 is 0 Å². The summed E-state index contributed by atoms with van der Waals surface area (Å²) in [7, 11) is 2.29. The van der Waals surface area contributed by atoms with Crippen molar-refractivity contribution in [1.82, 2.24) is 4.98 Å². The van der Waals surface area contributed by atoms with Gasteiger partial charge in [0.2, 0.25) is 0 Å². The summed E-state index contributed by atoms with van der Waals surface area (Å²) >= 11 is 0. The molecule has 80 valence electrons. The van der Waals surface area contributed by atoms with Crippen molar-refractivity contribution in [2.75, 3.05) is 27.9 Å². The van der Waals surface area contributed by atoms with Crippen LogP contribution in [0.5, 0.6) is 0 Å². The Morgan fingerprint density at radius 2 is 1.54 bits per heavy atom. The summed E-state index contributed by atoms with van der Waals surface area (Å²) in [5, 5.41) is 0. The fourth-order valence-electron chi connectivity index (χ4n) is 1.08. The van der Waals surface area contributed by atoms with E-state index in [2.05, 4.69) is 11.9 Å². The molecule has 0 atom stereocenters. The van der Waals surface area contributed by atoms with E-state index < -0.39 is 8.97 Å². The van der Waals surface area contributed by atoms with Gasteiger partial charge in [-0.3, -0.25) is 4.98 Å². The van der Waals surface area contributed by atoms with Crippen molar-refractivity contribution in [3.05, 3.63) is 0 Å². The third-order valence-corrected chi connectivity index (χ3v) is 4.22. The molecule has 0 aromatic carbocycles. The minimum Gasteiger partial charge on any atom is -0.364 e. The first-order valence-corrected chi connectivity index (χ1v) is 6.37. The first kappa shape index (κ1) is 13.1. The lowest BCUT2D eigenvalue weighted by atomic mass is 10.3. The highest BCUT2D eigenvalue weighted by atomic mass is 28.4. The van der Waals surface area contributed by atoms with Crippen LogP contribution in [0.3, 0.4) is 0 Å². The molecule has 0 spiro atoms. The van der Waals surface area contributed by atoms with E-state index in [1.807, 2.05) is 0 Å². The molecule has 0 rings (SSSR count). The highest BCUT2D eigenvalue weighted by Gasteiger charge is 2.38. The molecule has 0 aromatic heterocycles. The van der Waals surface area contributed by atoms with E-state index in [1.165, 1.54) is 12.8 Å².